The van der Waals surface area contributed by atoms with Gasteiger partial charge in [0.05, 0.1) is 18.2 Å². The fourth-order valence-electron chi connectivity index (χ4n) is 1.46. The molecule has 0 aliphatic carbocycles. The van der Waals surface area contributed by atoms with Crippen LogP contribution >= 0.6 is 0 Å². The van der Waals surface area contributed by atoms with Crippen molar-refractivity contribution in [2.45, 2.75) is 18.6 Å². The molecule has 1 unspecified atom stereocenters. The predicted molar refractivity (Wildman–Crippen MR) is 54.5 cm³/mol. The SMILES string of the molecule is FC(F)(F)CC1C=Cc2ccccc2N=N1. The molecule has 1 atom stereocenters. The van der Waals surface area contributed by atoms with Crippen LogP contribution in [0.25, 0.3) is 6.08 Å². The van der Waals surface area contributed by atoms with E-state index in [0.717, 1.165) is 5.56 Å². The summed E-state index contributed by atoms with van der Waals surface area (Å²) in [6.45, 7) is 0. The van der Waals surface area contributed by atoms with E-state index in [-0.39, 0.29) is 0 Å². The summed E-state index contributed by atoms with van der Waals surface area (Å²) in [5.41, 5.74) is 1.39. The highest BCUT2D eigenvalue weighted by Gasteiger charge is 2.31. The van der Waals surface area contributed by atoms with Crippen LogP contribution in [0, 0.1) is 0 Å². The highest BCUT2D eigenvalue weighted by atomic mass is 19.4. The van der Waals surface area contributed by atoms with Crippen LogP contribution in [-0.2, 0) is 0 Å². The fraction of sp³-hybridized carbons (Fsp3) is 0.273. The molecule has 5 heteroatoms. The molecule has 84 valence electrons. The molecule has 0 saturated heterocycles. The number of benzene rings is 1. The minimum atomic E-state index is -4.22. The molecule has 0 amide bonds. The van der Waals surface area contributed by atoms with Gasteiger partial charge < -0.3 is 0 Å². The molecule has 1 aromatic carbocycles. The summed E-state index contributed by atoms with van der Waals surface area (Å²) in [4.78, 5) is 0. The Hall–Kier alpha value is -1.65. The molecule has 0 spiro atoms. The van der Waals surface area contributed by atoms with Crippen molar-refractivity contribution in [3.63, 3.8) is 0 Å². The first-order chi connectivity index (χ1) is 7.54. The first kappa shape index (κ1) is 10.9. The zero-order valence-electron chi connectivity index (χ0n) is 8.28. The van der Waals surface area contributed by atoms with Crippen LogP contribution in [0.1, 0.15) is 12.0 Å². The van der Waals surface area contributed by atoms with Gasteiger partial charge in [0.2, 0.25) is 0 Å². The largest absolute Gasteiger partial charge is 0.391 e. The smallest absolute Gasteiger partial charge is 0.181 e. The average molecular weight is 226 g/mol. The Morgan fingerprint density at radius 2 is 1.94 bits per heavy atom. The van der Waals surface area contributed by atoms with Gasteiger partial charge in [-0.25, -0.2) is 0 Å². The van der Waals surface area contributed by atoms with Crippen molar-refractivity contribution in [2.24, 2.45) is 10.2 Å². The Labute approximate surface area is 90.5 Å². The molecular formula is C11H9F3N2. The number of rotatable bonds is 1. The van der Waals surface area contributed by atoms with E-state index >= 15 is 0 Å². The van der Waals surface area contributed by atoms with Crippen LogP contribution in [0.4, 0.5) is 18.9 Å². The molecular weight excluding hydrogens is 217 g/mol. The monoisotopic (exact) mass is 226 g/mol. The van der Waals surface area contributed by atoms with E-state index in [1.165, 1.54) is 6.08 Å². The maximum Gasteiger partial charge on any atom is 0.391 e. The molecule has 0 N–H and O–H groups in total. The topological polar surface area (TPSA) is 24.7 Å². The molecule has 0 saturated carbocycles. The second kappa shape index (κ2) is 4.08. The van der Waals surface area contributed by atoms with Gasteiger partial charge >= 0.3 is 6.18 Å². The number of nitrogens with zero attached hydrogens (tertiary/aromatic N) is 2. The van der Waals surface area contributed by atoms with Gasteiger partial charge in [-0.3, -0.25) is 0 Å². The third kappa shape index (κ3) is 2.68. The van der Waals surface area contributed by atoms with Crippen molar-refractivity contribution in [1.82, 2.24) is 0 Å². The first-order valence-corrected chi connectivity index (χ1v) is 4.79. The average Bonchev–Trinajstić information content (AvgIpc) is 2.39. The molecule has 1 heterocycles. The van der Waals surface area contributed by atoms with E-state index in [0.29, 0.717) is 5.69 Å². The molecule has 0 fully saturated rings. The van der Waals surface area contributed by atoms with Crippen molar-refractivity contribution >= 4 is 11.8 Å². The minimum Gasteiger partial charge on any atom is -0.181 e. The molecule has 0 bridgehead atoms. The molecule has 16 heavy (non-hydrogen) atoms. The Kier molecular flexibility index (Phi) is 2.77. The van der Waals surface area contributed by atoms with Gasteiger partial charge in [-0.05, 0) is 6.07 Å². The van der Waals surface area contributed by atoms with Gasteiger partial charge in [0.1, 0.15) is 0 Å². The van der Waals surface area contributed by atoms with Crippen LogP contribution in [0.2, 0.25) is 0 Å². The van der Waals surface area contributed by atoms with E-state index in [9.17, 15) is 13.2 Å². The Morgan fingerprint density at radius 1 is 1.19 bits per heavy atom. The summed E-state index contributed by atoms with van der Waals surface area (Å²) in [7, 11) is 0. The zero-order chi connectivity index (χ0) is 11.6. The third-order valence-corrected chi connectivity index (χ3v) is 2.19. The van der Waals surface area contributed by atoms with Gasteiger partial charge in [0.15, 0.2) is 0 Å². The van der Waals surface area contributed by atoms with Gasteiger partial charge in [-0.2, -0.15) is 23.4 Å². The van der Waals surface area contributed by atoms with Crippen LogP contribution in [0.15, 0.2) is 40.6 Å². The predicted octanol–water partition coefficient (Wildman–Crippen LogP) is 4.12. The van der Waals surface area contributed by atoms with Crippen molar-refractivity contribution in [1.29, 1.82) is 0 Å². The van der Waals surface area contributed by atoms with Crippen molar-refractivity contribution < 1.29 is 13.2 Å². The molecule has 0 aromatic heterocycles. The lowest BCUT2D eigenvalue weighted by atomic mass is 10.1. The number of hydrogen-bond acceptors (Lipinski definition) is 2. The van der Waals surface area contributed by atoms with E-state index in [4.69, 9.17) is 0 Å². The van der Waals surface area contributed by atoms with Crippen molar-refractivity contribution in [3.05, 3.63) is 35.9 Å². The molecule has 2 rings (SSSR count). The van der Waals surface area contributed by atoms with Crippen LogP contribution in [0.5, 0.6) is 0 Å². The van der Waals surface area contributed by atoms with E-state index < -0.39 is 18.6 Å². The number of fused-ring (bicyclic) bond motifs is 1. The number of halogens is 3. The maximum atomic E-state index is 12.2. The van der Waals surface area contributed by atoms with Gasteiger partial charge in [-0.1, -0.05) is 30.4 Å². The van der Waals surface area contributed by atoms with Crippen LogP contribution < -0.4 is 0 Å². The summed E-state index contributed by atoms with van der Waals surface area (Å²) < 4.78 is 36.5. The Morgan fingerprint density at radius 3 is 2.69 bits per heavy atom. The molecule has 1 aliphatic heterocycles. The fourth-order valence-corrected chi connectivity index (χ4v) is 1.46. The quantitative estimate of drug-likeness (QED) is 0.688. The standard InChI is InChI=1S/C11H9F3N2/c12-11(13,14)7-9-6-5-8-3-1-2-4-10(8)16-15-9/h1-6,9H,7H2. The number of azo groups is 1. The lowest BCUT2D eigenvalue weighted by Gasteiger charge is -2.08. The van der Waals surface area contributed by atoms with Gasteiger partial charge in [0, 0.05) is 5.56 Å². The summed E-state index contributed by atoms with van der Waals surface area (Å²) in [6.07, 6.45) is -2.12. The first-order valence-electron chi connectivity index (χ1n) is 4.79. The number of hydrogen-bond donors (Lipinski definition) is 0. The maximum absolute atomic E-state index is 12.2. The molecule has 2 nitrogen and oxygen atoms in total. The molecule has 1 aromatic rings. The lowest BCUT2D eigenvalue weighted by Crippen LogP contribution is -2.15. The van der Waals surface area contributed by atoms with Gasteiger partial charge in [0.25, 0.3) is 0 Å². The molecule has 1 aliphatic rings. The normalized spacial score (nSPS) is 19.3. The summed E-state index contributed by atoms with van der Waals surface area (Å²) >= 11 is 0. The second-order valence-corrected chi connectivity index (χ2v) is 3.52. The zero-order valence-corrected chi connectivity index (χ0v) is 8.28. The van der Waals surface area contributed by atoms with E-state index in [1.807, 2.05) is 6.07 Å². The van der Waals surface area contributed by atoms with Crippen LogP contribution in [-0.4, -0.2) is 12.2 Å². The minimum absolute atomic E-state index is 0.600. The van der Waals surface area contributed by atoms with E-state index in [1.54, 1.807) is 24.3 Å². The summed E-state index contributed by atoms with van der Waals surface area (Å²) in [5.74, 6) is 0. The molecule has 0 radical (unpaired) electrons. The highest BCUT2D eigenvalue weighted by molar-refractivity contribution is 5.64. The highest BCUT2D eigenvalue weighted by Crippen LogP contribution is 2.29. The Balaban J connectivity index is 2.21. The second-order valence-electron chi connectivity index (χ2n) is 3.52. The lowest BCUT2D eigenvalue weighted by molar-refractivity contribution is -0.135. The number of alkyl halides is 3. The van der Waals surface area contributed by atoms with Crippen molar-refractivity contribution in [3.8, 4) is 0 Å². The van der Waals surface area contributed by atoms with Gasteiger partial charge in [-0.15, -0.1) is 0 Å². The third-order valence-electron chi connectivity index (χ3n) is 2.19. The summed E-state index contributed by atoms with van der Waals surface area (Å²) in [5, 5.41) is 7.48. The Bertz CT molecular complexity index is 402. The van der Waals surface area contributed by atoms with Crippen molar-refractivity contribution in [2.75, 3.05) is 0 Å². The van der Waals surface area contributed by atoms with E-state index in [2.05, 4.69) is 10.2 Å². The van der Waals surface area contributed by atoms with Crippen LogP contribution in [0.3, 0.4) is 0 Å². The summed E-state index contributed by atoms with van der Waals surface area (Å²) in [6, 6.07) is 6.17.